The predicted molar refractivity (Wildman–Crippen MR) is 91.8 cm³/mol. The molecule has 1 amide bonds. The minimum absolute atomic E-state index is 0.0782. The van der Waals surface area contributed by atoms with Crippen molar-refractivity contribution in [3.63, 3.8) is 0 Å². The van der Waals surface area contributed by atoms with Crippen molar-refractivity contribution in [3.05, 3.63) is 64.7 Å². The van der Waals surface area contributed by atoms with E-state index < -0.39 is 0 Å². The van der Waals surface area contributed by atoms with Crippen LogP contribution in [0.25, 0.3) is 0 Å². The molecule has 2 aromatic rings. The molecular formula is C19H20ClNO2. The molecule has 0 aromatic heterocycles. The Morgan fingerprint density at radius 2 is 1.83 bits per heavy atom. The van der Waals surface area contributed by atoms with E-state index in [0.29, 0.717) is 17.5 Å². The third-order valence-corrected chi connectivity index (χ3v) is 4.48. The van der Waals surface area contributed by atoms with Gasteiger partial charge in [-0.2, -0.15) is 0 Å². The normalized spacial score (nSPS) is 15.0. The van der Waals surface area contributed by atoms with E-state index in [1.54, 1.807) is 7.11 Å². The third kappa shape index (κ3) is 4.05. The van der Waals surface area contributed by atoms with Crippen molar-refractivity contribution < 1.29 is 9.53 Å². The fourth-order valence-electron chi connectivity index (χ4n) is 2.78. The molecule has 0 spiro atoms. The van der Waals surface area contributed by atoms with E-state index in [-0.39, 0.29) is 11.8 Å². The van der Waals surface area contributed by atoms with Crippen molar-refractivity contribution in [2.75, 3.05) is 7.11 Å². The second kappa shape index (κ2) is 7.05. The lowest BCUT2D eigenvalue weighted by molar-refractivity contribution is -0.123. The van der Waals surface area contributed by atoms with Gasteiger partial charge >= 0.3 is 0 Å². The van der Waals surface area contributed by atoms with E-state index in [4.69, 9.17) is 16.3 Å². The molecule has 1 aliphatic rings. The van der Waals surface area contributed by atoms with Crippen LogP contribution in [-0.2, 0) is 11.3 Å². The van der Waals surface area contributed by atoms with Gasteiger partial charge in [0.1, 0.15) is 5.75 Å². The van der Waals surface area contributed by atoms with Gasteiger partial charge in [0.25, 0.3) is 0 Å². The summed E-state index contributed by atoms with van der Waals surface area (Å²) in [6.07, 6.45) is 2.23. The van der Waals surface area contributed by atoms with Crippen molar-refractivity contribution in [2.45, 2.75) is 25.3 Å². The molecular weight excluding hydrogens is 310 g/mol. The fraction of sp³-hybridized carbons (Fsp3) is 0.316. The number of benzene rings is 2. The third-order valence-electron chi connectivity index (χ3n) is 4.23. The number of nitrogens with one attached hydrogen (secondary N) is 1. The van der Waals surface area contributed by atoms with Gasteiger partial charge in [-0.1, -0.05) is 35.9 Å². The first-order chi connectivity index (χ1) is 11.2. The average molecular weight is 330 g/mol. The van der Waals surface area contributed by atoms with Crippen LogP contribution in [0.2, 0.25) is 5.02 Å². The second-order valence-corrected chi connectivity index (χ2v) is 6.37. The maximum absolute atomic E-state index is 12.6. The van der Waals surface area contributed by atoms with Gasteiger partial charge in [-0.15, -0.1) is 0 Å². The van der Waals surface area contributed by atoms with Crippen LogP contribution in [0.5, 0.6) is 5.75 Å². The molecule has 1 saturated carbocycles. The highest BCUT2D eigenvalue weighted by Gasteiger charge is 2.37. The zero-order valence-corrected chi connectivity index (χ0v) is 13.8. The lowest BCUT2D eigenvalue weighted by atomic mass is 9.93. The molecule has 2 aromatic carbocycles. The maximum atomic E-state index is 12.6. The smallest absolute Gasteiger partial charge is 0.228 e. The molecule has 1 aliphatic carbocycles. The number of amides is 1. The van der Waals surface area contributed by atoms with Crippen LogP contribution in [-0.4, -0.2) is 13.0 Å². The molecule has 0 saturated heterocycles. The summed E-state index contributed by atoms with van der Waals surface area (Å²) in [5.74, 6) is 1.28. The fourth-order valence-corrected chi connectivity index (χ4v) is 2.91. The largest absolute Gasteiger partial charge is 0.497 e. The van der Waals surface area contributed by atoms with E-state index in [9.17, 15) is 4.79 Å². The minimum Gasteiger partial charge on any atom is -0.497 e. The highest BCUT2D eigenvalue weighted by atomic mass is 35.5. The maximum Gasteiger partial charge on any atom is 0.228 e. The van der Waals surface area contributed by atoms with Gasteiger partial charge in [0.15, 0.2) is 0 Å². The summed E-state index contributed by atoms with van der Waals surface area (Å²) in [6.45, 7) is 0.527. The summed E-state index contributed by atoms with van der Waals surface area (Å²) < 4.78 is 5.14. The number of methoxy groups -OCH3 is 1. The molecule has 23 heavy (non-hydrogen) atoms. The Balaban J connectivity index is 1.65. The number of rotatable bonds is 6. The number of carbonyl (C=O) groups excluding carboxylic acids is 1. The minimum atomic E-state index is -0.0782. The zero-order chi connectivity index (χ0) is 16.2. The van der Waals surface area contributed by atoms with Gasteiger partial charge < -0.3 is 10.1 Å². The summed E-state index contributed by atoms with van der Waals surface area (Å²) in [5, 5.41) is 3.75. The molecule has 4 heteroatoms. The van der Waals surface area contributed by atoms with Crippen LogP contribution >= 0.6 is 11.6 Å². The molecule has 0 bridgehead atoms. The van der Waals surface area contributed by atoms with Crippen LogP contribution < -0.4 is 10.1 Å². The molecule has 0 radical (unpaired) electrons. The highest BCUT2D eigenvalue weighted by Crippen LogP contribution is 2.43. The second-order valence-electron chi connectivity index (χ2n) is 5.93. The summed E-state index contributed by atoms with van der Waals surface area (Å²) in [5.41, 5.74) is 2.11. The van der Waals surface area contributed by atoms with Crippen molar-refractivity contribution in [3.8, 4) is 5.75 Å². The van der Waals surface area contributed by atoms with E-state index in [2.05, 4.69) is 5.32 Å². The first kappa shape index (κ1) is 15.9. The summed E-state index contributed by atoms with van der Waals surface area (Å²) in [6, 6.07) is 15.3. The SMILES string of the molecule is COc1ccc(CNC(=O)C(c2ccc(Cl)cc2)C2CC2)cc1. The number of hydrogen-bond donors (Lipinski definition) is 1. The Hall–Kier alpha value is -2.00. The van der Waals surface area contributed by atoms with Gasteiger partial charge in [0.2, 0.25) is 5.91 Å². The van der Waals surface area contributed by atoms with Crippen LogP contribution in [0.3, 0.4) is 0 Å². The van der Waals surface area contributed by atoms with Crippen molar-refractivity contribution >= 4 is 17.5 Å². The van der Waals surface area contributed by atoms with E-state index in [1.807, 2.05) is 48.5 Å². The van der Waals surface area contributed by atoms with Crippen molar-refractivity contribution in [1.29, 1.82) is 0 Å². The first-order valence-electron chi connectivity index (χ1n) is 7.83. The first-order valence-corrected chi connectivity index (χ1v) is 8.21. The summed E-state index contributed by atoms with van der Waals surface area (Å²) >= 11 is 5.95. The van der Waals surface area contributed by atoms with Crippen LogP contribution in [0.15, 0.2) is 48.5 Å². The Morgan fingerprint density at radius 1 is 1.17 bits per heavy atom. The van der Waals surface area contributed by atoms with E-state index >= 15 is 0 Å². The highest BCUT2D eigenvalue weighted by molar-refractivity contribution is 6.30. The molecule has 0 heterocycles. The lowest BCUT2D eigenvalue weighted by Gasteiger charge is -2.17. The Morgan fingerprint density at radius 3 is 2.39 bits per heavy atom. The van der Waals surface area contributed by atoms with Crippen LogP contribution in [0.1, 0.15) is 29.9 Å². The van der Waals surface area contributed by atoms with E-state index in [1.165, 1.54) is 0 Å². The summed E-state index contributed by atoms with van der Waals surface area (Å²) in [7, 11) is 1.64. The van der Waals surface area contributed by atoms with Gasteiger partial charge in [0.05, 0.1) is 13.0 Å². The Kier molecular flexibility index (Phi) is 4.87. The van der Waals surface area contributed by atoms with Gasteiger partial charge in [-0.25, -0.2) is 0 Å². The topological polar surface area (TPSA) is 38.3 Å². The molecule has 1 unspecified atom stereocenters. The molecule has 3 rings (SSSR count). The van der Waals surface area contributed by atoms with Crippen molar-refractivity contribution in [1.82, 2.24) is 5.32 Å². The molecule has 1 atom stereocenters. The molecule has 1 fully saturated rings. The average Bonchev–Trinajstić information content (AvgIpc) is 3.40. The Labute approximate surface area is 141 Å². The quantitative estimate of drug-likeness (QED) is 0.864. The monoisotopic (exact) mass is 329 g/mol. The summed E-state index contributed by atoms with van der Waals surface area (Å²) in [4.78, 5) is 12.6. The molecule has 1 N–H and O–H groups in total. The van der Waals surface area contributed by atoms with Gasteiger partial charge in [0, 0.05) is 11.6 Å². The van der Waals surface area contributed by atoms with Gasteiger partial charge in [-0.3, -0.25) is 4.79 Å². The van der Waals surface area contributed by atoms with Crippen LogP contribution in [0, 0.1) is 5.92 Å². The number of ether oxygens (including phenoxy) is 1. The van der Waals surface area contributed by atoms with E-state index in [0.717, 1.165) is 29.7 Å². The number of carbonyl (C=O) groups is 1. The zero-order valence-electron chi connectivity index (χ0n) is 13.1. The number of halogens is 1. The molecule has 120 valence electrons. The lowest BCUT2D eigenvalue weighted by Crippen LogP contribution is -2.30. The molecule has 0 aliphatic heterocycles. The predicted octanol–water partition coefficient (Wildman–Crippen LogP) is 4.16. The van der Waals surface area contributed by atoms with Crippen LogP contribution in [0.4, 0.5) is 0 Å². The number of hydrogen-bond acceptors (Lipinski definition) is 2. The Bertz CT molecular complexity index is 663. The molecule has 3 nitrogen and oxygen atoms in total. The van der Waals surface area contributed by atoms with Gasteiger partial charge in [-0.05, 0) is 54.2 Å². The van der Waals surface area contributed by atoms with Crippen molar-refractivity contribution in [2.24, 2.45) is 5.92 Å². The standard InChI is InChI=1S/C19H20ClNO2/c1-23-17-10-2-13(3-11-17)12-21-19(22)18(14-4-5-14)15-6-8-16(20)9-7-15/h2-3,6-11,14,18H,4-5,12H2,1H3,(H,21,22).